The molecular weight excluding hydrogens is 338 g/mol. The number of oxime groups is 1. The van der Waals surface area contributed by atoms with E-state index in [-0.39, 0.29) is 11.8 Å². The molecule has 2 aromatic heterocycles. The summed E-state index contributed by atoms with van der Waals surface area (Å²) in [6.07, 6.45) is 4.36. The predicted molar refractivity (Wildman–Crippen MR) is 97.7 cm³/mol. The summed E-state index contributed by atoms with van der Waals surface area (Å²) >= 11 is 1.60. The van der Waals surface area contributed by atoms with Gasteiger partial charge in [-0.2, -0.15) is 0 Å². The van der Waals surface area contributed by atoms with E-state index in [9.17, 15) is 4.79 Å². The molecule has 2 aromatic rings. The lowest BCUT2D eigenvalue weighted by atomic mass is 10.1. The van der Waals surface area contributed by atoms with Gasteiger partial charge in [-0.3, -0.25) is 4.79 Å². The van der Waals surface area contributed by atoms with E-state index >= 15 is 0 Å². The zero-order valence-electron chi connectivity index (χ0n) is 14.1. The van der Waals surface area contributed by atoms with Gasteiger partial charge in [0.15, 0.2) is 0 Å². The van der Waals surface area contributed by atoms with Gasteiger partial charge in [-0.1, -0.05) is 12.1 Å². The molecule has 132 valence electrons. The number of carbonyl (C=O) groups is 1. The fraction of sp³-hybridized carbons (Fsp3) is 0.529. The van der Waals surface area contributed by atoms with Crippen LogP contribution in [0.2, 0.25) is 0 Å². The first-order valence-electron chi connectivity index (χ1n) is 8.63. The summed E-state index contributed by atoms with van der Waals surface area (Å²) in [5, 5.41) is 13.3. The van der Waals surface area contributed by atoms with Gasteiger partial charge in [-0.25, -0.2) is 9.97 Å². The van der Waals surface area contributed by atoms with Gasteiger partial charge in [-0.05, 0) is 30.2 Å². The predicted octanol–water partition coefficient (Wildman–Crippen LogP) is 2.41. The van der Waals surface area contributed by atoms with E-state index in [0.29, 0.717) is 31.4 Å². The Hall–Kier alpha value is -2.22. The Kier molecular flexibility index (Phi) is 4.52. The van der Waals surface area contributed by atoms with Crippen LogP contribution in [0.15, 0.2) is 22.8 Å². The van der Waals surface area contributed by atoms with Gasteiger partial charge >= 0.3 is 0 Å². The minimum absolute atomic E-state index is 0.0810. The van der Waals surface area contributed by atoms with Crippen LogP contribution in [0.3, 0.4) is 0 Å². The first-order valence-corrected chi connectivity index (χ1v) is 9.51. The van der Waals surface area contributed by atoms with Gasteiger partial charge in [0, 0.05) is 37.0 Å². The number of thiophene rings is 1. The molecule has 0 bridgehead atoms. The minimum atomic E-state index is -0.458. The van der Waals surface area contributed by atoms with Crippen LogP contribution >= 0.6 is 11.3 Å². The molecule has 0 spiro atoms. The Labute approximate surface area is 149 Å². The van der Waals surface area contributed by atoms with Crippen LogP contribution < -0.4 is 10.6 Å². The van der Waals surface area contributed by atoms with Crippen molar-refractivity contribution in [2.24, 2.45) is 17.0 Å². The summed E-state index contributed by atoms with van der Waals surface area (Å²) in [6, 6.07) is 2.01. The number of nitrogens with one attached hydrogen (secondary N) is 2. The Morgan fingerprint density at radius 3 is 3.16 bits per heavy atom. The average Bonchev–Trinajstić information content (AvgIpc) is 3.17. The molecule has 8 heteroatoms. The molecule has 2 aliphatic rings. The number of amides is 1. The lowest BCUT2D eigenvalue weighted by Gasteiger charge is -2.15. The Morgan fingerprint density at radius 1 is 1.44 bits per heavy atom. The number of carbonyl (C=O) groups excluding carboxylic acids is 1. The molecule has 3 heterocycles. The summed E-state index contributed by atoms with van der Waals surface area (Å²) < 4.78 is 0. The van der Waals surface area contributed by atoms with Gasteiger partial charge in [-0.15, -0.1) is 11.3 Å². The SMILES string of the molecule is CC(CNC(=O)C1CC(C2CC2)=NO1)CNc1ncc2ccsc2n1. The van der Waals surface area contributed by atoms with E-state index in [0.717, 1.165) is 15.9 Å². The molecule has 1 aliphatic carbocycles. The summed E-state index contributed by atoms with van der Waals surface area (Å²) in [5.74, 6) is 1.34. The maximum absolute atomic E-state index is 12.2. The summed E-state index contributed by atoms with van der Waals surface area (Å²) in [4.78, 5) is 27.2. The lowest BCUT2D eigenvalue weighted by molar-refractivity contribution is -0.131. The molecule has 4 rings (SSSR count). The molecule has 0 aromatic carbocycles. The van der Waals surface area contributed by atoms with Gasteiger partial charge < -0.3 is 15.5 Å². The maximum Gasteiger partial charge on any atom is 0.264 e. The van der Waals surface area contributed by atoms with Crippen molar-refractivity contribution in [1.29, 1.82) is 0 Å². The van der Waals surface area contributed by atoms with Crippen LogP contribution in [-0.4, -0.2) is 40.8 Å². The zero-order valence-corrected chi connectivity index (χ0v) is 14.9. The topological polar surface area (TPSA) is 88.5 Å². The highest BCUT2D eigenvalue weighted by molar-refractivity contribution is 7.16. The minimum Gasteiger partial charge on any atom is -0.382 e. The molecule has 1 fully saturated rings. The second kappa shape index (κ2) is 6.95. The number of hydrogen-bond donors (Lipinski definition) is 2. The number of anilines is 1. The van der Waals surface area contributed by atoms with E-state index in [1.165, 1.54) is 12.8 Å². The summed E-state index contributed by atoms with van der Waals surface area (Å²) in [6.45, 7) is 3.33. The molecule has 2 atom stereocenters. The summed E-state index contributed by atoms with van der Waals surface area (Å²) in [7, 11) is 0. The highest BCUT2D eigenvalue weighted by atomic mass is 32.1. The molecular formula is C17H21N5O2S. The third-order valence-electron chi connectivity index (χ3n) is 4.47. The largest absolute Gasteiger partial charge is 0.382 e. The first-order chi connectivity index (χ1) is 12.2. The standard InChI is InChI=1S/C17H21N5O2S/c1-10(8-19-17-20-9-12-4-5-25-16(12)21-17)7-18-15(23)14-6-13(22-24-14)11-2-3-11/h4-5,9-11,14H,2-3,6-8H2,1H3,(H,18,23)(H,19,20,21). The van der Waals surface area contributed by atoms with Crippen molar-refractivity contribution < 1.29 is 9.63 Å². The Bertz CT molecular complexity index is 801. The van der Waals surface area contributed by atoms with E-state index in [1.807, 2.05) is 17.6 Å². The van der Waals surface area contributed by atoms with Gasteiger partial charge in [0.1, 0.15) is 4.83 Å². The van der Waals surface area contributed by atoms with Gasteiger partial charge in [0.05, 0.1) is 5.71 Å². The van der Waals surface area contributed by atoms with Crippen LogP contribution in [0.4, 0.5) is 5.95 Å². The molecule has 1 saturated carbocycles. The molecule has 1 aliphatic heterocycles. The molecule has 0 saturated heterocycles. The first kappa shape index (κ1) is 16.3. The van der Waals surface area contributed by atoms with Gasteiger partial charge in [0.25, 0.3) is 5.91 Å². The van der Waals surface area contributed by atoms with Crippen molar-refractivity contribution in [3.8, 4) is 0 Å². The van der Waals surface area contributed by atoms with Crippen LogP contribution in [0, 0.1) is 11.8 Å². The van der Waals surface area contributed by atoms with Crippen LogP contribution in [0.5, 0.6) is 0 Å². The van der Waals surface area contributed by atoms with Crippen molar-refractivity contribution >= 4 is 39.1 Å². The average molecular weight is 359 g/mol. The van der Waals surface area contributed by atoms with Crippen molar-refractivity contribution in [2.75, 3.05) is 18.4 Å². The smallest absolute Gasteiger partial charge is 0.264 e. The van der Waals surface area contributed by atoms with E-state index in [1.54, 1.807) is 11.3 Å². The number of aromatic nitrogens is 2. The molecule has 7 nitrogen and oxygen atoms in total. The number of rotatable bonds is 7. The second-order valence-electron chi connectivity index (χ2n) is 6.76. The van der Waals surface area contributed by atoms with E-state index in [4.69, 9.17) is 4.84 Å². The normalized spacial score (nSPS) is 20.8. The van der Waals surface area contributed by atoms with Crippen molar-refractivity contribution in [1.82, 2.24) is 15.3 Å². The fourth-order valence-electron chi connectivity index (χ4n) is 2.76. The van der Waals surface area contributed by atoms with E-state index in [2.05, 4.69) is 32.7 Å². The molecule has 2 N–H and O–H groups in total. The molecule has 2 unspecified atom stereocenters. The second-order valence-corrected chi connectivity index (χ2v) is 7.66. The molecule has 25 heavy (non-hydrogen) atoms. The fourth-order valence-corrected chi connectivity index (χ4v) is 3.50. The van der Waals surface area contributed by atoms with Crippen molar-refractivity contribution in [3.63, 3.8) is 0 Å². The quantitative estimate of drug-likeness (QED) is 0.792. The van der Waals surface area contributed by atoms with Crippen LogP contribution in [0.1, 0.15) is 26.2 Å². The van der Waals surface area contributed by atoms with Crippen LogP contribution in [-0.2, 0) is 9.63 Å². The lowest BCUT2D eigenvalue weighted by Crippen LogP contribution is -2.38. The third-order valence-corrected chi connectivity index (χ3v) is 5.30. The van der Waals surface area contributed by atoms with Gasteiger partial charge in [0.2, 0.25) is 12.1 Å². The number of hydrogen-bond acceptors (Lipinski definition) is 7. The van der Waals surface area contributed by atoms with Crippen LogP contribution in [0.25, 0.3) is 10.2 Å². The zero-order chi connectivity index (χ0) is 17.2. The highest BCUT2D eigenvalue weighted by Crippen LogP contribution is 2.34. The molecule has 1 amide bonds. The maximum atomic E-state index is 12.2. The third kappa shape index (κ3) is 3.89. The monoisotopic (exact) mass is 359 g/mol. The Balaban J connectivity index is 1.19. The molecule has 0 radical (unpaired) electrons. The Morgan fingerprint density at radius 2 is 2.32 bits per heavy atom. The van der Waals surface area contributed by atoms with Crippen molar-refractivity contribution in [3.05, 3.63) is 17.6 Å². The number of fused-ring (bicyclic) bond motifs is 1. The van der Waals surface area contributed by atoms with E-state index < -0.39 is 6.10 Å². The summed E-state index contributed by atoms with van der Waals surface area (Å²) in [5.41, 5.74) is 1.05. The highest BCUT2D eigenvalue weighted by Gasteiger charge is 2.36. The number of nitrogens with zero attached hydrogens (tertiary/aromatic N) is 3. The van der Waals surface area contributed by atoms with Crippen molar-refractivity contribution in [2.45, 2.75) is 32.3 Å².